The molecule has 0 saturated carbocycles. The Labute approximate surface area is 115 Å². The quantitative estimate of drug-likeness (QED) is 0.834. The summed E-state index contributed by atoms with van der Waals surface area (Å²) in [7, 11) is 0. The molecular formula is C18H22O. The van der Waals surface area contributed by atoms with Crippen LogP contribution >= 0.6 is 0 Å². The fraction of sp³-hybridized carbons (Fsp3) is 0.333. The normalized spacial score (nSPS) is 15.7. The molecule has 1 N–H and O–H groups in total. The van der Waals surface area contributed by atoms with E-state index in [1.54, 1.807) is 0 Å². The average Bonchev–Trinajstić information content (AvgIpc) is 2.49. The summed E-state index contributed by atoms with van der Waals surface area (Å²) in [5, 5.41) is 11.2. The molecule has 0 amide bonds. The first-order chi connectivity index (χ1) is 9.22. The number of hydrogen-bond donors (Lipinski definition) is 1. The Bertz CT molecular complexity index is 492. The van der Waals surface area contributed by atoms with E-state index < -0.39 is 5.60 Å². The van der Waals surface area contributed by atoms with Gasteiger partial charge in [-0.1, -0.05) is 74.5 Å². The molecule has 0 aliphatic rings. The lowest BCUT2D eigenvalue weighted by atomic mass is 9.74. The molecule has 0 spiro atoms. The van der Waals surface area contributed by atoms with E-state index in [-0.39, 0.29) is 5.92 Å². The van der Waals surface area contributed by atoms with Crippen molar-refractivity contribution in [2.75, 3.05) is 0 Å². The van der Waals surface area contributed by atoms with Gasteiger partial charge < -0.3 is 5.11 Å². The highest BCUT2D eigenvalue weighted by atomic mass is 16.3. The molecule has 0 aliphatic carbocycles. The molecule has 0 radical (unpaired) electrons. The number of benzene rings is 2. The number of rotatable bonds is 5. The Balaban J connectivity index is 2.44. The summed E-state index contributed by atoms with van der Waals surface area (Å²) in [6, 6.07) is 20.3. The van der Waals surface area contributed by atoms with Gasteiger partial charge in [0.1, 0.15) is 0 Å². The summed E-state index contributed by atoms with van der Waals surface area (Å²) >= 11 is 0. The van der Waals surface area contributed by atoms with Crippen molar-refractivity contribution in [2.45, 2.75) is 38.2 Å². The summed E-state index contributed by atoms with van der Waals surface area (Å²) in [5.41, 5.74) is 1.42. The van der Waals surface area contributed by atoms with Crippen LogP contribution in [0.1, 0.15) is 43.7 Å². The highest BCUT2D eigenvalue weighted by molar-refractivity contribution is 5.31. The van der Waals surface area contributed by atoms with Gasteiger partial charge in [0, 0.05) is 5.92 Å². The molecule has 1 heteroatoms. The Hall–Kier alpha value is -1.60. The van der Waals surface area contributed by atoms with Gasteiger partial charge in [-0.25, -0.2) is 0 Å². The minimum Gasteiger partial charge on any atom is -0.385 e. The second kappa shape index (κ2) is 6.03. The smallest absolute Gasteiger partial charge is 0.0962 e. The van der Waals surface area contributed by atoms with Crippen molar-refractivity contribution < 1.29 is 5.11 Å². The van der Waals surface area contributed by atoms with E-state index in [1.165, 1.54) is 5.56 Å². The maximum atomic E-state index is 11.2. The van der Waals surface area contributed by atoms with Crippen LogP contribution in [0.25, 0.3) is 0 Å². The monoisotopic (exact) mass is 254 g/mol. The van der Waals surface area contributed by atoms with E-state index in [2.05, 4.69) is 26.0 Å². The van der Waals surface area contributed by atoms with Crippen LogP contribution in [0.2, 0.25) is 0 Å². The van der Waals surface area contributed by atoms with Crippen molar-refractivity contribution >= 4 is 0 Å². The number of hydrogen-bond acceptors (Lipinski definition) is 1. The molecular weight excluding hydrogens is 232 g/mol. The summed E-state index contributed by atoms with van der Waals surface area (Å²) in [5.74, 6) is 0.126. The molecule has 2 atom stereocenters. The summed E-state index contributed by atoms with van der Waals surface area (Å²) < 4.78 is 0. The molecule has 0 aliphatic heterocycles. The van der Waals surface area contributed by atoms with Crippen LogP contribution in [-0.4, -0.2) is 5.11 Å². The molecule has 0 bridgehead atoms. The van der Waals surface area contributed by atoms with E-state index in [4.69, 9.17) is 0 Å². The molecule has 0 fully saturated rings. The fourth-order valence-electron chi connectivity index (χ4n) is 2.91. The van der Waals surface area contributed by atoms with Crippen LogP contribution in [-0.2, 0) is 5.60 Å². The molecule has 0 aromatic heterocycles. The van der Waals surface area contributed by atoms with Gasteiger partial charge in [0.15, 0.2) is 0 Å². The summed E-state index contributed by atoms with van der Waals surface area (Å²) in [6.07, 6.45) is 1.63. The van der Waals surface area contributed by atoms with Gasteiger partial charge in [-0.2, -0.15) is 0 Å². The van der Waals surface area contributed by atoms with Gasteiger partial charge in [-0.05, 0) is 24.0 Å². The lowest BCUT2D eigenvalue weighted by Crippen LogP contribution is -2.32. The van der Waals surface area contributed by atoms with Crippen molar-refractivity contribution in [1.29, 1.82) is 0 Å². The lowest BCUT2D eigenvalue weighted by Gasteiger charge is -2.36. The molecule has 0 heterocycles. The molecule has 0 saturated heterocycles. The standard InChI is InChI=1S/C18H22O/c1-3-17(15-11-7-5-8-12-15)18(19,4-2)16-13-9-6-10-14-16/h5-14,17,19H,3-4H2,1-2H3/t17-,18-/m0/s1. The third kappa shape index (κ3) is 2.71. The first-order valence-electron chi connectivity index (χ1n) is 7.05. The minimum absolute atomic E-state index is 0.126. The molecule has 0 unspecified atom stereocenters. The first-order valence-corrected chi connectivity index (χ1v) is 7.05. The van der Waals surface area contributed by atoms with Crippen LogP contribution in [0.15, 0.2) is 60.7 Å². The van der Waals surface area contributed by atoms with E-state index in [0.29, 0.717) is 6.42 Å². The van der Waals surface area contributed by atoms with Gasteiger partial charge in [-0.15, -0.1) is 0 Å². The van der Waals surface area contributed by atoms with Crippen LogP contribution in [0.4, 0.5) is 0 Å². The van der Waals surface area contributed by atoms with E-state index in [9.17, 15) is 5.11 Å². The molecule has 2 rings (SSSR count). The average molecular weight is 254 g/mol. The predicted octanol–water partition coefficient (Wildman–Crippen LogP) is 4.48. The maximum absolute atomic E-state index is 11.2. The Kier molecular flexibility index (Phi) is 4.39. The highest BCUT2D eigenvalue weighted by Crippen LogP contribution is 2.41. The van der Waals surface area contributed by atoms with Gasteiger partial charge in [0.2, 0.25) is 0 Å². The fourth-order valence-corrected chi connectivity index (χ4v) is 2.91. The third-order valence-corrected chi connectivity index (χ3v) is 4.00. The molecule has 19 heavy (non-hydrogen) atoms. The van der Waals surface area contributed by atoms with Gasteiger partial charge in [0.05, 0.1) is 5.60 Å². The number of aliphatic hydroxyl groups is 1. The zero-order chi connectivity index (χ0) is 13.7. The van der Waals surface area contributed by atoms with Crippen molar-refractivity contribution in [1.82, 2.24) is 0 Å². The maximum Gasteiger partial charge on any atom is 0.0962 e. The van der Waals surface area contributed by atoms with Crippen molar-refractivity contribution in [3.8, 4) is 0 Å². The minimum atomic E-state index is -0.794. The zero-order valence-electron chi connectivity index (χ0n) is 11.7. The highest BCUT2D eigenvalue weighted by Gasteiger charge is 2.36. The lowest BCUT2D eigenvalue weighted by molar-refractivity contribution is 0.00148. The van der Waals surface area contributed by atoms with Gasteiger partial charge in [-0.3, -0.25) is 0 Å². The molecule has 1 nitrogen and oxygen atoms in total. The van der Waals surface area contributed by atoms with Crippen molar-refractivity contribution in [2.24, 2.45) is 0 Å². The van der Waals surface area contributed by atoms with E-state index in [1.807, 2.05) is 48.5 Å². The largest absolute Gasteiger partial charge is 0.385 e. The van der Waals surface area contributed by atoms with Crippen molar-refractivity contribution in [3.05, 3.63) is 71.8 Å². The molecule has 2 aromatic rings. The van der Waals surface area contributed by atoms with Gasteiger partial charge in [0.25, 0.3) is 0 Å². The van der Waals surface area contributed by atoms with Crippen LogP contribution < -0.4 is 0 Å². The second-order valence-corrected chi connectivity index (χ2v) is 5.02. The van der Waals surface area contributed by atoms with E-state index >= 15 is 0 Å². The topological polar surface area (TPSA) is 20.2 Å². The summed E-state index contributed by atoms with van der Waals surface area (Å²) in [6.45, 7) is 4.19. The van der Waals surface area contributed by atoms with Crippen LogP contribution in [0.5, 0.6) is 0 Å². The second-order valence-electron chi connectivity index (χ2n) is 5.02. The zero-order valence-corrected chi connectivity index (χ0v) is 11.7. The molecule has 100 valence electrons. The van der Waals surface area contributed by atoms with Crippen LogP contribution in [0.3, 0.4) is 0 Å². The Morgan fingerprint density at radius 3 is 1.89 bits per heavy atom. The predicted molar refractivity (Wildman–Crippen MR) is 80.1 cm³/mol. The van der Waals surface area contributed by atoms with Crippen LogP contribution in [0, 0.1) is 0 Å². The first kappa shape index (κ1) is 13.8. The Morgan fingerprint density at radius 1 is 0.895 bits per heavy atom. The van der Waals surface area contributed by atoms with E-state index in [0.717, 1.165) is 12.0 Å². The molecule has 2 aromatic carbocycles. The van der Waals surface area contributed by atoms with Crippen molar-refractivity contribution in [3.63, 3.8) is 0 Å². The SMILES string of the molecule is CC[C@@H](c1ccccc1)[C@](O)(CC)c1ccccc1. The Morgan fingerprint density at radius 2 is 1.42 bits per heavy atom. The third-order valence-electron chi connectivity index (χ3n) is 4.00. The van der Waals surface area contributed by atoms with Gasteiger partial charge >= 0.3 is 0 Å². The summed E-state index contributed by atoms with van der Waals surface area (Å²) in [4.78, 5) is 0.